The topological polar surface area (TPSA) is 63.5 Å². The number of rotatable bonds is 7. The van der Waals surface area contributed by atoms with Crippen LogP contribution in [0.15, 0.2) is 63.8 Å². The van der Waals surface area contributed by atoms with Crippen LogP contribution in [0.4, 0.5) is 0 Å². The average Bonchev–Trinajstić information content (AvgIpc) is 3.17. The van der Waals surface area contributed by atoms with Crippen molar-refractivity contribution in [1.82, 2.24) is 5.43 Å². The number of amides is 1. The number of furan rings is 1. The molecule has 0 bridgehead atoms. The van der Waals surface area contributed by atoms with Gasteiger partial charge in [0.05, 0.1) is 12.5 Å². The van der Waals surface area contributed by atoms with Crippen LogP contribution in [0.1, 0.15) is 18.2 Å². The van der Waals surface area contributed by atoms with Crippen molar-refractivity contribution in [2.24, 2.45) is 5.10 Å². The Balaban J connectivity index is 1.36. The van der Waals surface area contributed by atoms with Crippen molar-refractivity contribution in [3.05, 3.63) is 65.6 Å². The Morgan fingerprint density at radius 3 is 2.56 bits per heavy atom. The molecule has 0 aliphatic carbocycles. The highest BCUT2D eigenvalue weighted by Gasteiger charge is 2.24. The molecule has 0 saturated carbocycles. The van der Waals surface area contributed by atoms with Gasteiger partial charge in [-0.1, -0.05) is 30.3 Å². The van der Waals surface area contributed by atoms with Crippen molar-refractivity contribution in [2.45, 2.75) is 13.5 Å². The van der Waals surface area contributed by atoms with Gasteiger partial charge in [0, 0.05) is 5.56 Å². The Labute approximate surface area is 160 Å². The summed E-state index contributed by atoms with van der Waals surface area (Å²) in [6.45, 7) is 7.64. The minimum Gasteiger partial charge on any atom is -0.465 e. The van der Waals surface area contributed by atoms with Crippen LogP contribution in [0.25, 0.3) is 6.08 Å². The Bertz CT molecular complexity index is 761. The van der Waals surface area contributed by atoms with Crippen molar-refractivity contribution in [1.29, 1.82) is 0 Å². The lowest BCUT2D eigenvalue weighted by Crippen LogP contribution is -3.28. The van der Waals surface area contributed by atoms with E-state index in [2.05, 4.69) is 40.9 Å². The second kappa shape index (κ2) is 9.85. The van der Waals surface area contributed by atoms with Crippen molar-refractivity contribution < 1.29 is 19.0 Å². The van der Waals surface area contributed by atoms with E-state index in [-0.39, 0.29) is 5.91 Å². The molecule has 3 N–H and O–H groups in total. The van der Waals surface area contributed by atoms with Crippen LogP contribution >= 0.6 is 0 Å². The monoisotopic (exact) mass is 368 g/mol. The largest absolute Gasteiger partial charge is 0.465 e. The molecule has 0 unspecified atom stereocenters. The fourth-order valence-electron chi connectivity index (χ4n) is 3.30. The van der Waals surface area contributed by atoms with Crippen LogP contribution < -0.4 is 15.2 Å². The zero-order chi connectivity index (χ0) is 18.9. The third kappa shape index (κ3) is 6.51. The van der Waals surface area contributed by atoms with Gasteiger partial charge in [0.2, 0.25) is 0 Å². The minimum atomic E-state index is -0.0430. The number of benzene rings is 1. The first-order valence-corrected chi connectivity index (χ1v) is 9.44. The third-order valence-corrected chi connectivity index (χ3v) is 4.74. The molecular weight excluding hydrogens is 340 g/mol. The van der Waals surface area contributed by atoms with E-state index < -0.39 is 0 Å². The molecule has 2 heterocycles. The first-order valence-electron chi connectivity index (χ1n) is 9.44. The SMILES string of the molecule is CC(/C=N\NC(=O)C[NH+]1CC[NH+](Cc2ccccc2)CC1)=C/c1ccco1. The molecule has 1 aliphatic rings. The predicted molar refractivity (Wildman–Crippen MR) is 105 cm³/mol. The third-order valence-electron chi connectivity index (χ3n) is 4.74. The van der Waals surface area contributed by atoms with E-state index in [1.165, 1.54) is 10.5 Å². The quantitative estimate of drug-likeness (QED) is 0.467. The number of carbonyl (C=O) groups is 1. The molecule has 27 heavy (non-hydrogen) atoms. The van der Waals surface area contributed by atoms with Crippen LogP contribution in [0.5, 0.6) is 0 Å². The van der Waals surface area contributed by atoms with Gasteiger partial charge in [-0.05, 0) is 30.7 Å². The molecule has 0 radical (unpaired) electrons. The molecule has 1 amide bonds. The number of nitrogens with zero attached hydrogens (tertiary/aromatic N) is 1. The summed E-state index contributed by atoms with van der Waals surface area (Å²) in [4.78, 5) is 15.0. The van der Waals surface area contributed by atoms with Crippen LogP contribution in [-0.2, 0) is 11.3 Å². The summed E-state index contributed by atoms with van der Waals surface area (Å²) in [6, 6.07) is 14.3. The van der Waals surface area contributed by atoms with Gasteiger partial charge in [0.25, 0.3) is 5.91 Å². The van der Waals surface area contributed by atoms with Gasteiger partial charge in [0.15, 0.2) is 6.54 Å². The first-order chi connectivity index (χ1) is 13.2. The molecule has 2 aromatic rings. The molecule has 1 fully saturated rings. The number of hydrogen-bond donors (Lipinski definition) is 3. The smallest absolute Gasteiger partial charge is 0.295 e. The van der Waals surface area contributed by atoms with E-state index in [9.17, 15) is 4.79 Å². The van der Waals surface area contributed by atoms with Gasteiger partial charge in [-0.15, -0.1) is 0 Å². The summed E-state index contributed by atoms with van der Waals surface area (Å²) in [5.74, 6) is 0.726. The molecule has 1 aromatic carbocycles. The van der Waals surface area contributed by atoms with Crippen molar-refractivity contribution in [3.8, 4) is 0 Å². The lowest BCUT2D eigenvalue weighted by molar-refractivity contribution is -1.02. The molecular formula is C21H28N4O2+2. The van der Waals surface area contributed by atoms with Crippen LogP contribution in [0.2, 0.25) is 0 Å². The number of hydrogen-bond acceptors (Lipinski definition) is 3. The van der Waals surface area contributed by atoms with E-state index in [0.717, 1.165) is 44.1 Å². The van der Waals surface area contributed by atoms with E-state index in [1.807, 2.05) is 25.1 Å². The summed E-state index contributed by atoms with van der Waals surface area (Å²) < 4.78 is 5.25. The Morgan fingerprint density at radius 2 is 1.85 bits per heavy atom. The summed E-state index contributed by atoms with van der Waals surface area (Å²) in [6.07, 6.45) is 5.13. The maximum absolute atomic E-state index is 12.1. The molecule has 142 valence electrons. The molecule has 3 rings (SSSR count). The predicted octanol–water partition coefficient (Wildman–Crippen LogP) is -0.231. The van der Waals surface area contributed by atoms with E-state index >= 15 is 0 Å². The summed E-state index contributed by atoms with van der Waals surface area (Å²) in [7, 11) is 0. The average molecular weight is 368 g/mol. The summed E-state index contributed by atoms with van der Waals surface area (Å²) >= 11 is 0. The number of carbonyl (C=O) groups excluding carboxylic acids is 1. The highest BCUT2D eigenvalue weighted by Crippen LogP contribution is 2.05. The number of hydrazone groups is 1. The normalized spacial score (nSPS) is 20.7. The molecule has 1 aromatic heterocycles. The first kappa shape index (κ1) is 19.1. The lowest BCUT2D eigenvalue weighted by Gasteiger charge is -2.29. The molecule has 0 atom stereocenters. The van der Waals surface area contributed by atoms with Crippen LogP contribution in [0, 0.1) is 0 Å². The van der Waals surface area contributed by atoms with Gasteiger partial charge >= 0.3 is 0 Å². The van der Waals surface area contributed by atoms with Gasteiger partial charge in [0.1, 0.15) is 38.5 Å². The summed E-state index contributed by atoms with van der Waals surface area (Å²) in [5.41, 5.74) is 4.91. The van der Waals surface area contributed by atoms with Crippen molar-refractivity contribution in [2.75, 3.05) is 32.7 Å². The molecule has 6 heteroatoms. The zero-order valence-corrected chi connectivity index (χ0v) is 15.8. The fraction of sp³-hybridized carbons (Fsp3) is 0.333. The van der Waals surface area contributed by atoms with Gasteiger partial charge < -0.3 is 14.2 Å². The minimum absolute atomic E-state index is 0.0430. The van der Waals surface area contributed by atoms with Gasteiger partial charge in [-0.25, -0.2) is 5.43 Å². The summed E-state index contributed by atoms with van der Waals surface area (Å²) in [5, 5.41) is 4.03. The van der Waals surface area contributed by atoms with Gasteiger partial charge in [-0.3, -0.25) is 4.79 Å². The van der Waals surface area contributed by atoms with E-state index in [0.29, 0.717) is 6.54 Å². The van der Waals surface area contributed by atoms with Gasteiger partial charge in [-0.2, -0.15) is 5.10 Å². The van der Waals surface area contributed by atoms with Crippen molar-refractivity contribution in [3.63, 3.8) is 0 Å². The van der Waals surface area contributed by atoms with E-state index in [1.54, 1.807) is 17.4 Å². The maximum Gasteiger partial charge on any atom is 0.295 e. The lowest BCUT2D eigenvalue weighted by atomic mass is 10.2. The molecule has 1 aliphatic heterocycles. The second-order valence-corrected chi connectivity index (χ2v) is 7.04. The highest BCUT2D eigenvalue weighted by atomic mass is 16.3. The van der Waals surface area contributed by atoms with Crippen LogP contribution in [-0.4, -0.2) is 44.8 Å². The number of piperazine rings is 1. The Kier molecular flexibility index (Phi) is 6.96. The Morgan fingerprint density at radius 1 is 1.11 bits per heavy atom. The fourth-order valence-corrected chi connectivity index (χ4v) is 3.30. The molecule has 6 nitrogen and oxygen atoms in total. The highest BCUT2D eigenvalue weighted by molar-refractivity contribution is 5.85. The molecule has 0 spiro atoms. The standard InChI is InChI=1S/C21H26N4O2/c1-18(14-20-8-5-13-27-20)15-22-23-21(26)17-25-11-9-24(10-12-25)16-19-6-3-2-4-7-19/h2-8,13-15H,9-12,16-17H2,1H3,(H,23,26)/p+2/b18-14-,22-15-. The maximum atomic E-state index is 12.1. The zero-order valence-electron chi connectivity index (χ0n) is 15.8. The number of allylic oxidation sites excluding steroid dienone is 1. The van der Waals surface area contributed by atoms with E-state index in [4.69, 9.17) is 4.42 Å². The second-order valence-electron chi connectivity index (χ2n) is 7.04. The number of nitrogens with one attached hydrogen (secondary N) is 3. The molecule has 1 saturated heterocycles. The van der Waals surface area contributed by atoms with Crippen molar-refractivity contribution >= 4 is 18.2 Å². The number of quaternary nitrogens is 2. The van der Waals surface area contributed by atoms with Crippen LogP contribution in [0.3, 0.4) is 0 Å². The Hall–Kier alpha value is -2.70.